The smallest absolute Gasteiger partial charge is 0.253 e. The standard InChI is InChI=1S/C23H26FN3O2S2/c1-22(2,24)14-23(29)10-12-27(13-11-23)21(28)16-6-8-17(9-7-16)26-31-19-5-3-4-18-20(19)25-15-30-18/h3-9,15,26,29H,10-14H2,1-2H3. The normalized spacial score (nSPS) is 16.5. The van der Waals surface area contributed by atoms with Gasteiger partial charge in [-0.2, -0.15) is 0 Å². The van der Waals surface area contributed by atoms with Gasteiger partial charge in [0.05, 0.1) is 26.2 Å². The van der Waals surface area contributed by atoms with Crippen LogP contribution in [0, 0.1) is 0 Å². The minimum absolute atomic E-state index is 0.0620. The molecule has 5 nitrogen and oxygen atoms in total. The minimum Gasteiger partial charge on any atom is -0.390 e. The fourth-order valence-corrected chi connectivity index (χ4v) is 5.54. The van der Waals surface area contributed by atoms with Crippen LogP contribution in [0.5, 0.6) is 0 Å². The number of thiazole rings is 1. The molecular weight excluding hydrogens is 433 g/mol. The number of nitrogens with one attached hydrogen (secondary N) is 1. The van der Waals surface area contributed by atoms with Gasteiger partial charge in [0.2, 0.25) is 0 Å². The lowest BCUT2D eigenvalue weighted by Gasteiger charge is -2.40. The van der Waals surface area contributed by atoms with Crippen molar-refractivity contribution in [1.82, 2.24) is 9.88 Å². The van der Waals surface area contributed by atoms with Crippen LogP contribution in [0.3, 0.4) is 0 Å². The first kappa shape index (κ1) is 22.0. The molecule has 2 N–H and O–H groups in total. The summed E-state index contributed by atoms with van der Waals surface area (Å²) in [6.07, 6.45) is 0.879. The van der Waals surface area contributed by atoms with Gasteiger partial charge in [-0.05, 0) is 75.0 Å². The highest BCUT2D eigenvalue weighted by molar-refractivity contribution is 8.00. The summed E-state index contributed by atoms with van der Waals surface area (Å²) in [6, 6.07) is 13.5. The third-order valence-corrected chi connectivity index (χ3v) is 7.15. The Kier molecular flexibility index (Phi) is 6.23. The molecule has 1 aromatic heterocycles. The molecule has 1 saturated heterocycles. The van der Waals surface area contributed by atoms with E-state index in [1.165, 1.54) is 25.8 Å². The van der Waals surface area contributed by atoms with Gasteiger partial charge < -0.3 is 14.7 Å². The van der Waals surface area contributed by atoms with Crippen molar-refractivity contribution >= 4 is 45.1 Å². The van der Waals surface area contributed by atoms with Crippen molar-refractivity contribution in [1.29, 1.82) is 0 Å². The van der Waals surface area contributed by atoms with Crippen LogP contribution in [0.2, 0.25) is 0 Å². The van der Waals surface area contributed by atoms with E-state index in [1.807, 2.05) is 29.8 Å². The number of amides is 1. The third-order valence-electron chi connectivity index (χ3n) is 5.46. The average Bonchev–Trinajstić information content (AvgIpc) is 3.20. The molecule has 2 heterocycles. The molecule has 0 saturated carbocycles. The molecule has 1 amide bonds. The summed E-state index contributed by atoms with van der Waals surface area (Å²) in [5.74, 6) is -0.0620. The fourth-order valence-electron chi connectivity index (χ4n) is 4.01. The predicted molar refractivity (Wildman–Crippen MR) is 125 cm³/mol. The van der Waals surface area contributed by atoms with Gasteiger partial charge in [-0.15, -0.1) is 11.3 Å². The lowest BCUT2D eigenvalue weighted by atomic mass is 9.82. The highest BCUT2D eigenvalue weighted by Crippen LogP contribution is 2.33. The Morgan fingerprint density at radius 2 is 1.97 bits per heavy atom. The number of carbonyl (C=O) groups excluding carboxylic acids is 1. The van der Waals surface area contributed by atoms with Crippen LogP contribution in [-0.2, 0) is 0 Å². The molecule has 1 fully saturated rings. The summed E-state index contributed by atoms with van der Waals surface area (Å²) in [7, 11) is 0. The van der Waals surface area contributed by atoms with Crippen LogP contribution in [0.1, 0.15) is 43.5 Å². The van der Waals surface area contributed by atoms with Gasteiger partial charge >= 0.3 is 0 Å². The molecule has 8 heteroatoms. The molecule has 4 rings (SSSR count). The number of piperidine rings is 1. The van der Waals surface area contributed by atoms with Crippen molar-refractivity contribution in [3.63, 3.8) is 0 Å². The van der Waals surface area contributed by atoms with Crippen molar-refractivity contribution in [3.05, 3.63) is 53.5 Å². The van der Waals surface area contributed by atoms with Gasteiger partial charge in [0.1, 0.15) is 5.67 Å². The third kappa shape index (κ3) is 5.37. The number of fused-ring (bicyclic) bond motifs is 1. The van der Waals surface area contributed by atoms with Crippen LogP contribution in [0.4, 0.5) is 10.1 Å². The number of benzene rings is 2. The van der Waals surface area contributed by atoms with E-state index < -0.39 is 11.3 Å². The Labute approximate surface area is 189 Å². The Hall–Kier alpha value is -2.16. The van der Waals surface area contributed by atoms with E-state index in [2.05, 4.69) is 15.8 Å². The number of alkyl halides is 1. The number of aliphatic hydroxyl groups is 1. The number of para-hydroxylation sites is 1. The summed E-state index contributed by atoms with van der Waals surface area (Å²) >= 11 is 3.11. The average molecular weight is 460 g/mol. The van der Waals surface area contributed by atoms with E-state index in [1.54, 1.807) is 28.4 Å². The van der Waals surface area contributed by atoms with Crippen molar-refractivity contribution in [2.75, 3.05) is 17.8 Å². The molecule has 0 bridgehead atoms. The van der Waals surface area contributed by atoms with Crippen molar-refractivity contribution in [2.45, 2.75) is 49.3 Å². The van der Waals surface area contributed by atoms with Crippen molar-refractivity contribution in [2.24, 2.45) is 0 Å². The number of anilines is 1. The maximum absolute atomic E-state index is 14.0. The first-order chi connectivity index (χ1) is 14.7. The van der Waals surface area contributed by atoms with Gasteiger partial charge in [-0.1, -0.05) is 6.07 Å². The predicted octanol–water partition coefficient (Wildman–Crippen LogP) is 5.52. The largest absolute Gasteiger partial charge is 0.390 e. The summed E-state index contributed by atoms with van der Waals surface area (Å²) in [5, 5.41) is 10.6. The zero-order valence-corrected chi connectivity index (χ0v) is 19.2. The summed E-state index contributed by atoms with van der Waals surface area (Å²) in [4.78, 5) is 20.0. The molecule has 3 aromatic rings. The monoisotopic (exact) mass is 459 g/mol. The molecule has 0 radical (unpaired) electrons. The maximum Gasteiger partial charge on any atom is 0.253 e. The van der Waals surface area contributed by atoms with Crippen molar-refractivity contribution in [3.8, 4) is 0 Å². The maximum atomic E-state index is 14.0. The quantitative estimate of drug-likeness (QED) is 0.475. The molecule has 0 unspecified atom stereocenters. The zero-order valence-electron chi connectivity index (χ0n) is 17.6. The molecule has 31 heavy (non-hydrogen) atoms. The van der Waals surface area contributed by atoms with E-state index in [9.17, 15) is 14.3 Å². The molecule has 2 aromatic carbocycles. The van der Waals surface area contributed by atoms with Gasteiger partial charge in [0.15, 0.2) is 0 Å². The van der Waals surface area contributed by atoms with Crippen LogP contribution < -0.4 is 4.72 Å². The van der Waals surface area contributed by atoms with Gasteiger partial charge in [0.25, 0.3) is 5.91 Å². The molecule has 1 aliphatic heterocycles. The highest BCUT2D eigenvalue weighted by Gasteiger charge is 2.38. The van der Waals surface area contributed by atoms with E-state index >= 15 is 0 Å². The molecule has 164 valence electrons. The second kappa shape index (κ2) is 8.76. The summed E-state index contributed by atoms with van der Waals surface area (Å²) < 4.78 is 18.4. The van der Waals surface area contributed by atoms with Crippen LogP contribution >= 0.6 is 23.3 Å². The van der Waals surface area contributed by atoms with Crippen LogP contribution in [-0.4, -0.2) is 45.3 Å². The highest BCUT2D eigenvalue weighted by atomic mass is 32.2. The van der Waals surface area contributed by atoms with E-state index in [-0.39, 0.29) is 12.3 Å². The molecule has 1 aliphatic rings. The topological polar surface area (TPSA) is 65.5 Å². The Bertz CT molecular complexity index is 1050. The number of hydrogen-bond acceptors (Lipinski definition) is 6. The Morgan fingerprint density at radius 3 is 2.65 bits per heavy atom. The first-order valence-corrected chi connectivity index (χ1v) is 12.0. The number of nitrogens with zero attached hydrogens (tertiary/aromatic N) is 2. The lowest BCUT2D eigenvalue weighted by Crippen LogP contribution is -2.48. The van der Waals surface area contributed by atoms with Gasteiger partial charge in [0, 0.05) is 30.8 Å². The van der Waals surface area contributed by atoms with Crippen molar-refractivity contribution < 1.29 is 14.3 Å². The second-order valence-electron chi connectivity index (χ2n) is 8.65. The Balaban J connectivity index is 1.34. The van der Waals surface area contributed by atoms with Gasteiger partial charge in [-0.3, -0.25) is 4.79 Å². The number of halogens is 1. The van der Waals surface area contributed by atoms with Crippen LogP contribution in [0.15, 0.2) is 52.9 Å². The van der Waals surface area contributed by atoms with E-state index in [0.29, 0.717) is 31.5 Å². The second-order valence-corrected chi connectivity index (χ2v) is 10.4. The van der Waals surface area contributed by atoms with Gasteiger partial charge in [-0.25, -0.2) is 9.37 Å². The summed E-state index contributed by atoms with van der Waals surface area (Å²) in [6.45, 7) is 3.82. The SMILES string of the molecule is CC(C)(F)CC1(O)CCN(C(=O)c2ccc(NSc3cccc4scnc34)cc2)CC1. The number of aromatic nitrogens is 1. The fraction of sp³-hybridized carbons (Fsp3) is 0.391. The number of likely N-dealkylation sites (tertiary alicyclic amines) is 1. The van der Waals surface area contributed by atoms with E-state index in [4.69, 9.17) is 0 Å². The zero-order chi connectivity index (χ0) is 22.1. The van der Waals surface area contributed by atoms with E-state index in [0.717, 1.165) is 20.8 Å². The summed E-state index contributed by atoms with van der Waals surface area (Å²) in [5.41, 5.74) is 1.86. The minimum atomic E-state index is -1.42. The number of hydrogen-bond donors (Lipinski definition) is 2. The lowest BCUT2D eigenvalue weighted by molar-refractivity contribution is -0.0526. The Morgan fingerprint density at radius 1 is 1.26 bits per heavy atom. The molecule has 0 atom stereocenters. The number of carbonyl (C=O) groups is 1. The molecule has 0 spiro atoms. The van der Waals surface area contributed by atoms with Crippen LogP contribution in [0.25, 0.3) is 10.2 Å². The first-order valence-electron chi connectivity index (χ1n) is 10.3. The molecular formula is C23H26FN3O2S2. The number of rotatable bonds is 6. The molecule has 0 aliphatic carbocycles.